The van der Waals surface area contributed by atoms with Crippen LogP contribution < -0.4 is 0 Å². The van der Waals surface area contributed by atoms with E-state index in [1.807, 2.05) is 12.1 Å². The maximum Gasteiger partial charge on any atom is -0.0184 e. The van der Waals surface area contributed by atoms with Crippen molar-refractivity contribution in [1.29, 1.82) is 0 Å². The normalized spacial score (nSPS) is 13.5. The van der Waals surface area contributed by atoms with E-state index in [1.54, 1.807) is 3.88 Å². The van der Waals surface area contributed by atoms with Crippen molar-refractivity contribution >= 4 is 8.11 Å². The summed E-state index contributed by atoms with van der Waals surface area (Å²) in [7, 11) is 1.45. The molecule has 0 saturated heterocycles. The summed E-state index contributed by atoms with van der Waals surface area (Å²) in [5.41, 5.74) is 2.55. The first-order chi connectivity index (χ1) is 10.1. The average Bonchev–Trinajstić information content (AvgIpc) is 3.04. The molecule has 0 nitrogen and oxygen atoms in total. The van der Waals surface area contributed by atoms with Crippen LogP contribution in [0.3, 0.4) is 0 Å². The van der Waals surface area contributed by atoms with Crippen molar-refractivity contribution in [2.45, 2.75) is 16.9 Å². The van der Waals surface area contributed by atoms with E-state index in [9.17, 15) is 0 Å². The minimum absolute atomic E-state index is 1.24. The van der Waals surface area contributed by atoms with Gasteiger partial charge in [-0.05, 0) is 11.1 Å². The molecule has 1 aliphatic carbocycles. The van der Waals surface area contributed by atoms with Gasteiger partial charge in [-0.15, -0.1) is 0 Å². The van der Waals surface area contributed by atoms with Crippen molar-refractivity contribution in [3.05, 3.63) is 82.8 Å². The molecule has 0 amide bonds. The Labute approximate surface area is 134 Å². The molecule has 2 aromatic rings. The van der Waals surface area contributed by atoms with Crippen molar-refractivity contribution in [2.75, 3.05) is 0 Å². The average molecular weight is 328 g/mol. The van der Waals surface area contributed by atoms with Crippen LogP contribution >= 0.6 is 0 Å². The summed E-state index contributed by atoms with van der Waals surface area (Å²) in [5.74, 6) is 0. The number of allylic oxidation sites excluding steroid dienone is 4. The van der Waals surface area contributed by atoms with Crippen molar-refractivity contribution in [3.8, 4) is 11.1 Å². The molecular formula is C19H24SiTi. The van der Waals surface area contributed by atoms with Gasteiger partial charge in [-0.2, -0.15) is 0 Å². The van der Waals surface area contributed by atoms with Gasteiger partial charge in [-0.3, -0.25) is 0 Å². The maximum absolute atomic E-state index is 2.51. The van der Waals surface area contributed by atoms with Crippen LogP contribution in [0.4, 0.5) is 0 Å². The number of hydrogen-bond acceptors (Lipinski definition) is 0. The maximum atomic E-state index is 2.51. The largest absolute Gasteiger partial charge is 0.0622 e. The predicted molar refractivity (Wildman–Crippen MR) is 95.4 cm³/mol. The van der Waals surface area contributed by atoms with Gasteiger partial charge >= 0.3 is 62.9 Å². The first-order valence-electron chi connectivity index (χ1n) is 7.54. The van der Waals surface area contributed by atoms with Crippen LogP contribution in [0, 0.1) is 0 Å². The molecule has 0 atom stereocenters. The fraction of sp³-hybridized carbons (Fsp3) is 0.158. The summed E-state index contributed by atoms with van der Waals surface area (Å²) in [6.45, 7) is 0. The Hall–Kier alpha value is -1.15. The first kappa shape index (κ1) is 16.2. The minimum atomic E-state index is -1.24. The summed E-state index contributed by atoms with van der Waals surface area (Å²) < 4.78 is 1.79. The standard InChI is InChI=1S/C12H10.C5H5.2CH3.H3Si.Ti/c1-3-7-11(8-4-1)12-9-5-2-6-10-12;1-2-4-5-3-1;;;;/h1-10H;1-3H,4H2;3*1H3;. The molecule has 0 saturated carbocycles. The Morgan fingerprint density at radius 1 is 0.810 bits per heavy atom. The van der Waals surface area contributed by atoms with Gasteiger partial charge in [0, 0.05) is 0 Å². The van der Waals surface area contributed by atoms with Gasteiger partial charge in [-0.25, -0.2) is 0 Å². The Bertz CT molecular complexity index is 570. The third-order valence-electron chi connectivity index (χ3n) is 3.62. The van der Waals surface area contributed by atoms with Gasteiger partial charge in [0.05, 0.1) is 0 Å². The van der Waals surface area contributed by atoms with E-state index in [0.717, 1.165) is 0 Å². The number of benzene rings is 2. The van der Waals surface area contributed by atoms with Crippen LogP contribution in [0.5, 0.6) is 0 Å². The molecule has 0 unspecified atom stereocenters. The molecule has 0 radical (unpaired) electrons. The van der Waals surface area contributed by atoms with E-state index in [4.69, 9.17) is 0 Å². The van der Waals surface area contributed by atoms with Crippen molar-refractivity contribution in [1.82, 2.24) is 0 Å². The molecule has 0 fully saturated rings. The molecular weight excluding hydrogens is 304 g/mol. The third-order valence-corrected chi connectivity index (χ3v) is 9.85. The second-order valence-electron chi connectivity index (χ2n) is 6.31. The summed E-state index contributed by atoms with van der Waals surface area (Å²) in [5, 5.41) is 5.01. The SMILES string of the molecule is [CH3][Ti]([CH3])([SiH3])[C]1=CC=CC1.c1ccc(-c2ccccc2)cc1. The van der Waals surface area contributed by atoms with Crippen LogP contribution in [0.2, 0.25) is 10.5 Å². The second kappa shape index (κ2) is 7.74. The Kier molecular flexibility index (Phi) is 5.98. The fourth-order valence-electron chi connectivity index (χ4n) is 2.26. The van der Waals surface area contributed by atoms with E-state index in [-0.39, 0.29) is 0 Å². The quantitative estimate of drug-likeness (QED) is 0.700. The molecule has 0 N–H and O–H groups in total. The van der Waals surface area contributed by atoms with E-state index in [0.29, 0.717) is 0 Å². The smallest absolute Gasteiger partial charge is 0.0184 e. The molecule has 1 aliphatic rings. The Morgan fingerprint density at radius 3 is 1.57 bits per heavy atom. The zero-order chi connectivity index (χ0) is 15.1. The zero-order valence-electron chi connectivity index (χ0n) is 13.2. The predicted octanol–water partition coefficient (Wildman–Crippen LogP) is 4.71. The molecule has 108 valence electrons. The summed E-state index contributed by atoms with van der Waals surface area (Å²) in [4.78, 5) is 0. The number of hydrogen-bond donors (Lipinski definition) is 0. The van der Waals surface area contributed by atoms with E-state index in [1.165, 1.54) is 25.7 Å². The zero-order valence-corrected chi connectivity index (χ0v) is 16.8. The molecule has 2 aromatic carbocycles. The Balaban J connectivity index is 0.000000161. The second-order valence-corrected chi connectivity index (χ2v) is 24.6. The third kappa shape index (κ3) is 5.28. The van der Waals surface area contributed by atoms with Crippen LogP contribution in [0.15, 0.2) is 82.8 Å². The minimum Gasteiger partial charge on any atom is -0.0622 e. The molecule has 0 spiro atoms. The van der Waals surface area contributed by atoms with Crippen molar-refractivity contribution < 1.29 is 15.8 Å². The summed E-state index contributed by atoms with van der Waals surface area (Å²) in [6, 6.07) is 20.8. The molecule has 3 rings (SSSR count). The van der Waals surface area contributed by atoms with Gasteiger partial charge in [0.25, 0.3) is 0 Å². The molecule has 21 heavy (non-hydrogen) atoms. The van der Waals surface area contributed by atoms with Crippen LogP contribution in [0.25, 0.3) is 11.1 Å². The molecule has 0 heterocycles. The van der Waals surface area contributed by atoms with Gasteiger partial charge in [0.15, 0.2) is 0 Å². The van der Waals surface area contributed by atoms with Gasteiger partial charge in [0.1, 0.15) is 0 Å². The fourth-order valence-corrected chi connectivity index (χ4v) is 5.86. The van der Waals surface area contributed by atoms with E-state index < -0.39 is 15.8 Å². The van der Waals surface area contributed by atoms with Gasteiger partial charge < -0.3 is 0 Å². The van der Waals surface area contributed by atoms with Crippen LogP contribution in [-0.2, 0) is 15.8 Å². The molecule has 2 heteroatoms. The summed E-state index contributed by atoms with van der Waals surface area (Å²) in [6.07, 6.45) is 8.10. The first-order valence-corrected chi connectivity index (χ1v) is 17.1. The monoisotopic (exact) mass is 328 g/mol. The van der Waals surface area contributed by atoms with Crippen LogP contribution in [-0.4, -0.2) is 8.11 Å². The van der Waals surface area contributed by atoms with Crippen molar-refractivity contribution in [2.24, 2.45) is 0 Å². The Morgan fingerprint density at radius 2 is 1.29 bits per heavy atom. The van der Waals surface area contributed by atoms with E-state index in [2.05, 4.69) is 77.2 Å². The molecule has 0 aliphatic heterocycles. The number of rotatable bonds is 2. The van der Waals surface area contributed by atoms with Crippen LogP contribution in [0.1, 0.15) is 6.42 Å². The van der Waals surface area contributed by atoms with Crippen molar-refractivity contribution in [3.63, 3.8) is 0 Å². The topological polar surface area (TPSA) is 0 Å². The van der Waals surface area contributed by atoms with E-state index >= 15 is 0 Å². The van der Waals surface area contributed by atoms with Gasteiger partial charge in [0.2, 0.25) is 0 Å². The molecule has 0 bridgehead atoms. The summed E-state index contributed by atoms with van der Waals surface area (Å²) >= 11 is -1.24. The molecule has 0 aromatic heterocycles. The van der Waals surface area contributed by atoms with Gasteiger partial charge in [-0.1, -0.05) is 60.7 Å².